The van der Waals surface area contributed by atoms with Gasteiger partial charge < -0.3 is 15.2 Å². The third-order valence-electron chi connectivity index (χ3n) is 2.89. The van der Waals surface area contributed by atoms with E-state index in [2.05, 4.69) is 21.2 Å². The number of anilines is 1. The first kappa shape index (κ1) is 16.1. The Hall–Kier alpha value is -1.23. The molecule has 3 nitrogen and oxygen atoms in total. The van der Waals surface area contributed by atoms with Crippen molar-refractivity contribution in [2.45, 2.75) is 13.0 Å². The summed E-state index contributed by atoms with van der Waals surface area (Å²) in [6.07, 6.45) is -0.624. The van der Waals surface area contributed by atoms with Crippen LogP contribution in [0.1, 0.15) is 5.56 Å². The highest BCUT2D eigenvalue weighted by molar-refractivity contribution is 9.10. The van der Waals surface area contributed by atoms with Crippen molar-refractivity contribution in [2.24, 2.45) is 0 Å². The van der Waals surface area contributed by atoms with Gasteiger partial charge in [-0.2, -0.15) is 0 Å². The van der Waals surface area contributed by atoms with Crippen LogP contribution in [-0.2, 0) is 0 Å². The first-order chi connectivity index (χ1) is 10.0. The van der Waals surface area contributed by atoms with Crippen molar-refractivity contribution in [3.63, 3.8) is 0 Å². The fourth-order valence-corrected chi connectivity index (χ4v) is 2.37. The molecule has 0 spiro atoms. The SMILES string of the molecule is Cc1ccc(Cl)c(NCC(O)COc2cccc(Br)c2)c1. The maximum atomic E-state index is 9.96. The van der Waals surface area contributed by atoms with Crippen molar-refractivity contribution in [1.29, 1.82) is 0 Å². The third-order valence-corrected chi connectivity index (χ3v) is 3.71. The van der Waals surface area contributed by atoms with Gasteiger partial charge in [0.05, 0.1) is 10.7 Å². The Bertz CT molecular complexity index is 607. The molecule has 2 rings (SSSR count). The van der Waals surface area contributed by atoms with Gasteiger partial charge >= 0.3 is 0 Å². The lowest BCUT2D eigenvalue weighted by atomic mass is 10.2. The molecule has 112 valence electrons. The fraction of sp³-hybridized carbons (Fsp3) is 0.250. The van der Waals surface area contributed by atoms with Crippen LogP contribution < -0.4 is 10.1 Å². The van der Waals surface area contributed by atoms with Gasteiger partial charge in [-0.05, 0) is 42.8 Å². The summed E-state index contributed by atoms with van der Waals surface area (Å²) >= 11 is 9.47. The molecule has 2 N–H and O–H groups in total. The number of aliphatic hydroxyl groups is 1. The molecule has 0 fully saturated rings. The van der Waals surface area contributed by atoms with Crippen molar-refractivity contribution in [2.75, 3.05) is 18.5 Å². The molecule has 21 heavy (non-hydrogen) atoms. The lowest BCUT2D eigenvalue weighted by Crippen LogP contribution is -2.26. The van der Waals surface area contributed by atoms with Crippen LogP contribution in [0.3, 0.4) is 0 Å². The van der Waals surface area contributed by atoms with Crippen LogP contribution in [0.5, 0.6) is 5.75 Å². The van der Waals surface area contributed by atoms with E-state index < -0.39 is 6.10 Å². The van der Waals surface area contributed by atoms with E-state index in [1.165, 1.54) is 0 Å². The molecule has 0 aliphatic rings. The summed E-state index contributed by atoms with van der Waals surface area (Å²) in [5, 5.41) is 13.7. The van der Waals surface area contributed by atoms with E-state index in [-0.39, 0.29) is 6.61 Å². The molecule has 0 bridgehead atoms. The zero-order chi connectivity index (χ0) is 15.2. The molecule has 2 aromatic carbocycles. The van der Waals surface area contributed by atoms with Gasteiger partial charge in [-0.3, -0.25) is 0 Å². The van der Waals surface area contributed by atoms with E-state index in [9.17, 15) is 5.11 Å². The van der Waals surface area contributed by atoms with Crippen molar-refractivity contribution >= 4 is 33.2 Å². The molecule has 0 aromatic heterocycles. The summed E-state index contributed by atoms with van der Waals surface area (Å²) < 4.78 is 6.48. The molecule has 0 aliphatic carbocycles. The van der Waals surface area contributed by atoms with Crippen LogP contribution in [0.4, 0.5) is 5.69 Å². The molecular formula is C16H17BrClNO2. The van der Waals surface area contributed by atoms with Crippen LogP contribution in [0, 0.1) is 6.92 Å². The van der Waals surface area contributed by atoms with E-state index in [1.807, 2.05) is 49.4 Å². The highest BCUT2D eigenvalue weighted by Gasteiger charge is 2.07. The molecule has 0 heterocycles. The largest absolute Gasteiger partial charge is 0.491 e. The minimum atomic E-state index is -0.624. The van der Waals surface area contributed by atoms with Crippen molar-refractivity contribution < 1.29 is 9.84 Å². The van der Waals surface area contributed by atoms with Gasteiger partial charge in [-0.1, -0.05) is 39.7 Å². The number of aryl methyl sites for hydroxylation is 1. The monoisotopic (exact) mass is 369 g/mol. The summed E-state index contributed by atoms with van der Waals surface area (Å²) in [7, 11) is 0. The molecule has 5 heteroatoms. The maximum Gasteiger partial charge on any atom is 0.120 e. The zero-order valence-corrected chi connectivity index (χ0v) is 14.0. The first-order valence-electron chi connectivity index (χ1n) is 6.61. The molecule has 1 atom stereocenters. The average molecular weight is 371 g/mol. The van der Waals surface area contributed by atoms with Gasteiger partial charge in [0.25, 0.3) is 0 Å². The summed E-state index contributed by atoms with van der Waals surface area (Å²) in [6, 6.07) is 13.2. The summed E-state index contributed by atoms with van der Waals surface area (Å²) in [5.41, 5.74) is 1.93. The lowest BCUT2D eigenvalue weighted by Gasteiger charge is -2.15. The van der Waals surface area contributed by atoms with Crippen LogP contribution >= 0.6 is 27.5 Å². The molecular weight excluding hydrogens is 354 g/mol. The van der Waals surface area contributed by atoms with Crippen molar-refractivity contribution in [3.05, 3.63) is 57.5 Å². The molecule has 0 amide bonds. The smallest absolute Gasteiger partial charge is 0.120 e. The molecule has 2 aromatic rings. The van der Waals surface area contributed by atoms with Crippen LogP contribution in [-0.4, -0.2) is 24.4 Å². The van der Waals surface area contributed by atoms with Gasteiger partial charge in [0.15, 0.2) is 0 Å². The van der Waals surface area contributed by atoms with Crippen LogP contribution in [0.25, 0.3) is 0 Å². The summed E-state index contributed by atoms with van der Waals surface area (Å²) in [6.45, 7) is 2.58. The molecule has 0 radical (unpaired) electrons. The number of rotatable bonds is 6. The Labute approximate surface area is 138 Å². The van der Waals surface area contributed by atoms with E-state index in [1.54, 1.807) is 0 Å². The van der Waals surface area contributed by atoms with Gasteiger partial charge in [-0.25, -0.2) is 0 Å². The maximum absolute atomic E-state index is 9.96. The standard InChI is InChI=1S/C16H17BrClNO2/c1-11-5-6-15(18)16(7-11)19-9-13(20)10-21-14-4-2-3-12(17)8-14/h2-8,13,19-20H,9-10H2,1H3. The van der Waals surface area contributed by atoms with E-state index in [0.717, 1.165) is 21.5 Å². The molecule has 1 unspecified atom stereocenters. The van der Waals surface area contributed by atoms with Gasteiger partial charge in [0.2, 0.25) is 0 Å². The Morgan fingerprint density at radius 3 is 2.86 bits per heavy atom. The number of halogens is 2. The van der Waals surface area contributed by atoms with Gasteiger partial charge in [-0.15, -0.1) is 0 Å². The molecule has 0 saturated carbocycles. The topological polar surface area (TPSA) is 41.5 Å². The van der Waals surface area contributed by atoms with E-state index >= 15 is 0 Å². The average Bonchev–Trinajstić information content (AvgIpc) is 2.46. The second kappa shape index (κ2) is 7.69. The Morgan fingerprint density at radius 2 is 2.10 bits per heavy atom. The second-order valence-electron chi connectivity index (χ2n) is 4.79. The number of hydrogen-bond acceptors (Lipinski definition) is 3. The minimum Gasteiger partial charge on any atom is -0.491 e. The number of aliphatic hydroxyl groups excluding tert-OH is 1. The Morgan fingerprint density at radius 1 is 1.29 bits per heavy atom. The highest BCUT2D eigenvalue weighted by Crippen LogP contribution is 2.22. The van der Waals surface area contributed by atoms with Crippen LogP contribution in [0.2, 0.25) is 5.02 Å². The van der Waals surface area contributed by atoms with Crippen LogP contribution in [0.15, 0.2) is 46.9 Å². The Kier molecular flexibility index (Phi) is 5.91. The summed E-state index contributed by atoms with van der Waals surface area (Å²) in [4.78, 5) is 0. The highest BCUT2D eigenvalue weighted by atomic mass is 79.9. The second-order valence-corrected chi connectivity index (χ2v) is 6.11. The number of hydrogen-bond donors (Lipinski definition) is 2. The van der Waals surface area contributed by atoms with E-state index in [4.69, 9.17) is 16.3 Å². The predicted octanol–water partition coefficient (Wildman–Crippen LogP) is 4.26. The van der Waals surface area contributed by atoms with Gasteiger partial charge in [0.1, 0.15) is 18.5 Å². The number of ether oxygens (including phenoxy) is 1. The number of benzene rings is 2. The van der Waals surface area contributed by atoms with Crippen molar-refractivity contribution in [1.82, 2.24) is 0 Å². The molecule has 0 aliphatic heterocycles. The fourth-order valence-electron chi connectivity index (χ4n) is 1.81. The normalized spacial score (nSPS) is 12.0. The summed E-state index contributed by atoms with van der Waals surface area (Å²) in [5.74, 6) is 0.719. The third kappa shape index (κ3) is 5.23. The quantitative estimate of drug-likeness (QED) is 0.798. The predicted molar refractivity (Wildman–Crippen MR) is 90.3 cm³/mol. The molecule has 0 saturated heterocycles. The van der Waals surface area contributed by atoms with Crippen molar-refractivity contribution in [3.8, 4) is 5.75 Å². The Balaban J connectivity index is 1.82. The zero-order valence-electron chi connectivity index (χ0n) is 11.6. The van der Waals surface area contributed by atoms with Gasteiger partial charge in [0, 0.05) is 11.0 Å². The number of nitrogens with one attached hydrogen (secondary N) is 1. The van der Waals surface area contributed by atoms with E-state index in [0.29, 0.717) is 11.6 Å². The minimum absolute atomic E-state index is 0.215. The lowest BCUT2D eigenvalue weighted by molar-refractivity contribution is 0.117. The first-order valence-corrected chi connectivity index (χ1v) is 7.78.